The summed E-state index contributed by atoms with van der Waals surface area (Å²) in [6, 6.07) is 10.4. The van der Waals surface area contributed by atoms with Gasteiger partial charge < -0.3 is 5.32 Å². The molecule has 0 bridgehead atoms. The van der Waals surface area contributed by atoms with Gasteiger partial charge in [-0.15, -0.1) is 11.3 Å². The van der Waals surface area contributed by atoms with Crippen molar-refractivity contribution in [1.29, 1.82) is 0 Å². The molecule has 2 aromatic heterocycles. The van der Waals surface area contributed by atoms with Crippen LogP contribution < -0.4 is 5.32 Å². The predicted molar refractivity (Wildman–Crippen MR) is 109 cm³/mol. The minimum absolute atomic E-state index is 0.0873. The summed E-state index contributed by atoms with van der Waals surface area (Å²) in [6.07, 6.45) is -3.03. The average molecular weight is 438 g/mol. The van der Waals surface area contributed by atoms with E-state index < -0.39 is 11.7 Å². The van der Waals surface area contributed by atoms with Crippen LogP contribution in [-0.4, -0.2) is 28.2 Å². The first kappa shape index (κ1) is 21.3. The molecule has 0 spiro atoms. The second kappa shape index (κ2) is 9.41. The summed E-state index contributed by atoms with van der Waals surface area (Å²) in [5.74, 6) is -0.116. The molecule has 0 atom stereocenters. The number of carbonyl (C=O) groups excluding carboxylic acids is 1. The maximum atomic E-state index is 12.5. The Hall–Kier alpha value is -2.39. The summed E-state index contributed by atoms with van der Waals surface area (Å²) in [5.41, 5.74) is 2.36. The number of rotatable bonds is 7. The Morgan fingerprint density at radius 2 is 1.93 bits per heavy atom. The number of aryl methyl sites for hydroxylation is 1. The molecule has 0 radical (unpaired) electrons. The third kappa shape index (κ3) is 6.30. The van der Waals surface area contributed by atoms with E-state index in [1.807, 2.05) is 36.6 Å². The van der Waals surface area contributed by atoms with E-state index >= 15 is 0 Å². The highest BCUT2D eigenvalue weighted by Crippen LogP contribution is 2.29. The number of thioether (sulfide) groups is 1. The number of carbonyl (C=O) groups is 1. The lowest BCUT2D eigenvalue weighted by Crippen LogP contribution is -2.27. The smallest absolute Gasteiger partial charge is 0.355 e. The molecular weight excluding hydrogens is 419 g/mol. The van der Waals surface area contributed by atoms with Gasteiger partial charge in [0.1, 0.15) is 5.01 Å². The first-order chi connectivity index (χ1) is 13.8. The highest BCUT2D eigenvalue weighted by molar-refractivity contribution is 7.99. The number of nitrogens with zero attached hydrogens (tertiary/aromatic N) is 2. The molecule has 29 heavy (non-hydrogen) atoms. The molecule has 0 aliphatic rings. The number of hydrogen-bond donors (Lipinski definition) is 1. The SMILES string of the molecule is Cc1ccc(-c2nc(CCNC(=O)CSc3ccc(C(F)(F)F)cn3)cs2)cc1. The van der Waals surface area contributed by atoms with Gasteiger partial charge in [0.2, 0.25) is 5.91 Å². The fourth-order valence-corrected chi connectivity index (χ4v) is 3.94. The van der Waals surface area contributed by atoms with E-state index in [0.717, 1.165) is 40.3 Å². The number of thiazole rings is 1. The van der Waals surface area contributed by atoms with Gasteiger partial charge in [0, 0.05) is 30.1 Å². The summed E-state index contributed by atoms with van der Waals surface area (Å²) < 4.78 is 37.5. The second-order valence-corrected chi connectivity index (χ2v) is 8.14. The Labute approximate surface area is 174 Å². The molecule has 9 heteroatoms. The van der Waals surface area contributed by atoms with Gasteiger partial charge in [0.05, 0.1) is 22.0 Å². The summed E-state index contributed by atoms with van der Waals surface area (Å²) in [7, 11) is 0. The Balaban J connectivity index is 1.41. The van der Waals surface area contributed by atoms with Crippen molar-refractivity contribution < 1.29 is 18.0 Å². The molecule has 0 aliphatic heterocycles. The van der Waals surface area contributed by atoms with E-state index in [9.17, 15) is 18.0 Å². The lowest BCUT2D eigenvalue weighted by Gasteiger charge is -2.07. The van der Waals surface area contributed by atoms with Crippen molar-refractivity contribution >= 4 is 29.0 Å². The Kier molecular flexibility index (Phi) is 6.92. The van der Waals surface area contributed by atoms with E-state index in [-0.39, 0.29) is 11.7 Å². The van der Waals surface area contributed by atoms with E-state index in [1.165, 1.54) is 11.6 Å². The molecule has 3 rings (SSSR count). The average Bonchev–Trinajstić information content (AvgIpc) is 3.15. The maximum absolute atomic E-state index is 12.5. The number of alkyl halides is 3. The van der Waals surface area contributed by atoms with Crippen LogP contribution in [0.2, 0.25) is 0 Å². The molecule has 0 unspecified atom stereocenters. The zero-order valence-corrected chi connectivity index (χ0v) is 17.1. The quantitative estimate of drug-likeness (QED) is 0.530. The zero-order valence-electron chi connectivity index (χ0n) is 15.5. The Bertz CT molecular complexity index is 954. The van der Waals surface area contributed by atoms with Crippen molar-refractivity contribution in [3.05, 3.63) is 64.8 Å². The van der Waals surface area contributed by atoms with Gasteiger partial charge in [-0.2, -0.15) is 13.2 Å². The monoisotopic (exact) mass is 437 g/mol. The third-order valence-corrected chi connectivity index (χ3v) is 5.85. The van der Waals surface area contributed by atoms with Gasteiger partial charge in [-0.3, -0.25) is 4.79 Å². The molecule has 152 valence electrons. The van der Waals surface area contributed by atoms with E-state index in [1.54, 1.807) is 11.3 Å². The van der Waals surface area contributed by atoms with Crippen LogP contribution in [0, 0.1) is 6.92 Å². The Morgan fingerprint density at radius 1 is 1.17 bits per heavy atom. The second-order valence-electron chi connectivity index (χ2n) is 6.28. The number of benzene rings is 1. The highest BCUT2D eigenvalue weighted by atomic mass is 32.2. The fourth-order valence-electron chi connectivity index (χ4n) is 2.40. The molecule has 0 aliphatic carbocycles. The van der Waals surface area contributed by atoms with Gasteiger partial charge >= 0.3 is 6.18 Å². The summed E-state index contributed by atoms with van der Waals surface area (Å²) in [6.45, 7) is 2.47. The van der Waals surface area contributed by atoms with E-state index in [0.29, 0.717) is 18.0 Å². The number of pyridine rings is 1. The number of halogens is 3. The molecule has 1 aromatic carbocycles. The molecular formula is C20H18F3N3OS2. The topological polar surface area (TPSA) is 54.9 Å². The first-order valence-electron chi connectivity index (χ1n) is 8.75. The molecule has 0 saturated heterocycles. The zero-order chi connectivity index (χ0) is 20.9. The summed E-state index contributed by atoms with van der Waals surface area (Å²) in [4.78, 5) is 20.3. The van der Waals surface area contributed by atoms with E-state index in [2.05, 4.69) is 15.3 Å². The van der Waals surface area contributed by atoms with Crippen molar-refractivity contribution in [2.75, 3.05) is 12.3 Å². The lowest BCUT2D eigenvalue weighted by molar-refractivity contribution is -0.137. The molecule has 2 heterocycles. The van der Waals surface area contributed by atoms with Crippen molar-refractivity contribution in [3.63, 3.8) is 0 Å². The van der Waals surface area contributed by atoms with Crippen molar-refractivity contribution in [2.24, 2.45) is 0 Å². The molecule has 4 nitrogen and oxygen atoms in total. The van der Waals surface area contributed by atoms with Gasteiger partial charge in [-0.25, -0.2) is 9.97 Å². The van der Waals surface area contributed by atoms with E-state index in [4.69, 9.17) is 0 Å². The Morgan fingerprint density at radius 3 is 2.59 bits per heavy atom. The first-order valence-corrected chi connectivity index (χ1v) is 10.6. The van der Waals surface area contributed by atoms with Crippen LogP contribution in [0.1, 0.15) is 16.8 Å². The molecule has 0 fully saturated rings. The maximum Gasteiger partial charge on any atom is 0.417 e. The fraction of sp³-hybridized carbons (Fsp3) is 0.250. The van der Waals surface area contributed by atoms with Crippen LogP contribution in [-0.2, 0) is 17.4 Å². The van der Waals surface area contributed by atoms with Crippen LogP contribution >= 0.6 is 23.1 Å². The minimum atomic E-state index is -4.41. The van der Waals surface area contributed by atoms with Crippen LogP contribution in [0.25, 0.3) is 10.6 Å². The van der Waals surface area contributed by atoms with Crippen LogP contribution in [0.5, 0.6) is 0 Å². The normalized spacial score (nSPS) is 11.4. The number of aromatic nitrogens is 2. The molecule has 0 saturated carbocycles. The van der Waals surface area contributed by atoms with Crippen molar-refractivity contribution in [1.82, 2.24) is 15.3 Å². The third-order valence-electron chi connectivity index (χ3n) is 3.97. The van der Waals surface area contributed by atoms with Crippen LogP contribution in [0.15, 0.2) is 53.0 Å². The van der Waals surface area contributed by atoms with Gasteiger partial charge in [-0.1, -0.05) is 41.6 Å². The van der Waals surface area contributed by atoms with Gasteiger partial charge in [-0.05, 0) is 19.1 Å². The highest BCUT2D eigenvalue weighted by Gasteiger charge is 2.30. The standard InChI is InChI=1S/C20H18F3N3OS2/c1-13-2-4-14(5-3-13)19-26-16(11-29-19)8-9-24-17(27)12-28-18-7-6-15(10-25-18)20(21,22)23/h2-7,10-11H,8-9,12H2,1H3,(H,24,27). The summed E-state index contributed by atoms with van der Waals surface area (Å²) >= 11 is 2.65. The predicted octanol–water partition coefficient (Wildman–Crippen LogP) is 4.98. The summed E-state index contributed by atoms with van der Waals surface area (Å²) in [5, 5.41) is 6.08. The van der Waals surface area contributed by atoms with Crippen molar-refractivity contribution in [3.8, 4) is 10.6 Å². The number of nitrogens with one attached hydrogen (secondary N) is 1. The molecule has 1 N–H and O–H groups in total. The van der Waals surface area contributed by atoms with Crippen LogP contribution in [0.3, 0.4) is 0 Å². The molecule has 1 amide bonds. The van der Waals surface area contributed by atoms with Crippen LogP contribution in [0.4, 0.5) is 13.2 Å². The van der Waals surface area contributed by atoms with Crippen molar-refractivity contribution in [2.45, 2.75) is 24.5 Å². The minimum Gasteiger partial charge on any atom is -0.355 e. The largest absolute Gasteiger partial charge is 0.417 e. The number of hydrogen-bond acceptors (Lipinski definition) is 5. The van der Waals surface area contributed by atoms with Gasteiger partial charge in [0.25, 0.3) is 0 Å². The number of amides is 1. The lowest BCUT2D eigenvalue weighted by atomic mass is 10.2. The van der Waals surface area contributed by atoms with Gasteiger partial charge in [0.15, 0.2) is 0 Å². The molecule has 3 aromatic rings.